The van der Waals surface area contributed by atoms with Crippen molar-refractivity contribution in [1.82, 2.24) is 19.5 Å². The average Bonchev–Trinajstić information content (AvgIpc) is 3.39. The summed E-state index contributed by atoms with van der Waals surface area (Å²) in [7, 11) is 0. The van der Waals surface area contributed by atoms with E-state index in [0.717, 1.165) is 0 Å². The van der Waals surface area contributed by atoms with Crippen LogP contribution in [-0.2, 0) is 14.2 Å². The van der Waals surface area contributed by atoms with Crippen LogP contribution in [0.1, 0.15) is 30.4 Å². The second kappa shape index (κ2) is 7.10. The molecular formula is C20H21N5O5. The van der Waals surface area contributed by atoms with Crippen molar-refractivity contribution in [3.8, 4) is 0 Å². The standard InChI is InChI=1S/C20H21N5O5/c1-20(2)29-14-12(8-26)28-19(15(14)30-20)25-10-23-13-16(21-9-22-17(13)25)24-18(27)11-6-4-3-5-7-11/h3-7,9-10,12,14-15,19,26H,8H2,1-2H3,(H,21,22,24,27)/t12-,14+,15-,19+/m0/s1. The Labute approximate surface area is 171 Å². The quantitative estimate of drug-likeness (QED) is 0.662. The summed E-state index contributed by atoms with van der Waals surface area (Å²) in [5.74, 6) is -0.785. The van der Waals surface area contributed by atoms with Crippen LogP contribution in [0.15, 0.2) is 43.0 Å². The van der Waals surface area contributed by atoms with Gasteiger partial charge in [-0.2, -0.15) is 0 Å². The Bertz CT molecular complexity index is 1090. The van der Waals surface area contributed by atoms with E-state index in [0.29, 0.717) is 22.5 Å². The van der Waals surface area contributed by atoms with Crippen LogP contribution in [0.25, 0.3) is 11.2 Å². The maximum atomic E-state index is 12.5. The zero-order chi connectivity index (χ0) is 20.9. The second-order valence-corrected chi connectivity index (χ2v) is 7.68. The molecule has 10 nitrogen and oxygen atoms in total. The largest absolute Gasteiger partial charge is 0.394 e. The molecule has 4 heterocycles. The van der Waals surface area contributed by atoms with Gasteiger partial charge in [-0.25, -0.2) is 15.0 Å². The van der Waals surface area contributed by atoms with Crippen molar-refractivity contribution >= 4 is 22.9 Å². The Balaban J connectivity index is 1.47. The lowest BCUT2D eigenvalue weighted by molar-refractivity contribution is -0.199. The number of rotatable bonds is 4. The Morgan fingerprint density at radius 1 is 1.17 bits per heavy atom. The van der Waals surface area contributed by atoms with Gasteiger partial charge in [0.05, 0.1) is 12.9 Å². The van der Waals surface area contributed by atoms with Gasteiger partial charge in [-0.3, -0.25) is 9.36 Å². The van der Waals surface area contributed by atoms with Gasteiger partial charge in [-0.15, -0.1) is 0 Å². The number of imidazole rings is 1. The molecule has 156 valence electrons. The number of hydrogen-bond acceptors (Lipinski definition) is 8. The maximum absolute atomic E-state index is 12.5. The molecule has 3 aromatic rings. The Kier molecular flexibility index (Phi) is 4.51. The highest BCUT2D eigenvalue weighted by atomic mass is 16.8. The Morgan fingerprint density at radius 2 is 1.93 bits per heavy atom. The highest BCUT2D eigenvalue weighted by molar-refractivity contribution is 6.06. The minimum Gasteiger partial charge on any atom is -0.394 e. The maximum Gasteiger partial charge on any atom is 0.256 e. The molecule has 30 heavy (non-hydrogen) atoms. The average molecular weight is 411 g/mol. The van der Waals surface area contributed by atoms with Crippen molar-refractivity contribution in [3.63, 3.8) is 0 Å². The normalized spacial score (nSPS) is 27.3. The van der Waals surface area contributed by atoms with Crippen LogP contribution in [0.4, 0.5) is 5.82 Å². The van der Waals surface area contributed by atoms with Crippen LogP contribution in [0, 0.1) is 0 Å². The van der Waals surface area contributed by atoms with Crippen molar-refractivity contribution in [3.05, 3.63) is 48.5 Å². The molecule has 2 aliphatic heterocycles. The van der Waals surface area contributed by atoms with E-state index in [1.807, 2.05) is 19.9 Å². The van der Waals surface area contributed by atoms with E-state index in [-0.39, 0.29) is 12.5 Å². The first kappa shape index (κ1) is 19.1. The summed E-state index contributed by atoms with van der Waals surface area (Å²) in [6.07, 6.45) is 0.948. The fourth-order valence-corrected chi connectivity index (χ4v) is 3.93. The van der Waals surface area contributed by atoms with Gasteiger partial charge < -0.3 is 24.6 Å². The topological polar surface area (TPSA) is 121 Å². The van der Waals surface area contributed by atoms with Crippen molar-refractivity contribution < 1.29 is 24.1 Å². The van der Waals surface area contributed by atoms with Crippen LogP contribution >= 0.6 is 0 Å². The van der Waals surface area contributed by atoms with Gasteiger partial charge in [-0.05, 0) is 26.0 Å². The zero-order valence-electron chi connectivity index (χ0n) is 16.4. The number of benzene rings is 1. The predicted molar refractivity (Wildman–Crippen MR) is 105 cm³/mol. The van der Waals surface area contributed by atoms with Crippen LogP contribution in [0.3, 0.4) is 0 Å². The van der Waals surface area contributed by atoms with Gasteiger partial charge in [-0.1, -0.05) is 18.2 Å². The van der Waals surface area contributed by atoms with E-state index in [9.17, 15) is 9.90 Å². The van der Waals surface area contributed by atoms with Crippen molar-refractivity contribution in [2.24, 2.45) is 0 Å². The van der Waals surface area contributed by atoms with Gasteiger partial charge in [0.25, 0.3) is 5.91 Å². The molecular weight excluding hydrogens is 390 g/mol. The molecule has 1 amide bonds. The summed E-state index contributed by atoms with van der Waals surface area (Å²) >= 11 is 0. The molecule has 1 aromatic carbocycles. The van der Waals surface area contributed by atoms with E-state index in [1.54, 1.807) is 35.2 Å². The van der Waals surface area contributed by atoms with Gasteiger partial charge >= 0.3 is 0 Å². The molecule has 0 unspecified atom stereocenters. The summed E-state index contributed by atoms with van der Waals surface area (Å²) in [5.41, 5.74) is 1.41. The number of nitrogens with one attached hydrogen (secondary N) is 1. The smallest absolute Gasteiger partial charge is 0.256 e. The van der Waals surface area contributed by atoms with Crippen LogP contribution in [0.2, 0.25) is 0 Å². The highest BCUT2D eigenvalue weighted by Gasteiger charge is 2.56. The monoisotopic (exact) mass is 411 g/mol. The van der Waals surface area contributed by atoms with E-state index in [4.69, 9.17) is 14.2 Å². The number of ether oxygens (including phenoxy) is 3. The molecule has 2 aromatic heterocycles. The number of anilines is 1. The number of aromatic nitrogens is 4. The molecule has 0 radical (unpaired) electrons. The molecule has 4 atom stereocenters. The molecule has 0 saturated carbocycles. The third-order valence-corrected chi connectivity index (χ3v) is 5.21. The molecule has 10 heteroatoms. The van der Waals surface area contributed by atoms with E-state index < -0.39 is 30.3 Å². The van der Waals surface area contributed by atoms with Crippen molar-refractivity contribution in [2.75, 3.05) is 11.9 Å². The minimum absolute atomic E-state index is 0.197. The predicted octanol–water partition coefficient (Wildman–Crippen LogP) is 1.49. The number of amides is 1. The third kappa shape index (κ3) is 3.14. The molecule has 0 spiro atoms. The molecule has 5 rings (SSSR count). The number of hydrogen-bond donors (Lipinski definition) is 2. The summed E-state index contributed by atoms with van der Waals surface area (Å²) < 4.78 is 19.6. The lowest BCUT2D eigenvalue weighted by Crippen LogP contribution is -2.31. The van der Waals surface area contributed by atoms with E-state index in [1.165, 1.54) is 6.33 Å². The fraction of sp³-hybridized carbons (Fsp3) is 0.400. The highest BCUT2D eigenvalue weighted by Crippen LogP contribution is 2.43. The number of nitrogens with zero attached hydrogens (tertiary/aromatic N) is 4. The second-order valence-electron chi connectivity index (χ2n) is 7.68. The lowest BCUT2D eigenvalue weighted by atomic mass is 10.1. The van der Waals surface area contributed by atoms with Gasteiger partial charge in [0.15, 0.2) is 29.0 Å². The SMILES string of the molecule is CC1(C)O[C@H]2[C@H](O1)[C@H](n1cnc3c(NC(=O)c4ccccc4)ncnc31)O[C@H]2CO. The molecule has 2 saturated heterocycles. The molecule has 0 bridgehead atoms. The summed E-state index contributed by atoms with van der Waals surface area (Å²) in [6.45, 7) is 3.45. The number of carbonyl (C=O) groups excluding carboxylic acids is 1. The Hall–Kier alpha value is -2.92. The minimum atomic E-state index is -0.787. The first-order chi connectivity index (χ1) is 14.5. The van der Waals surface area contributed by atoms with E-state index in [2.05, 4.69) is 20.3 Å². The van der Waals surface area contributed by atoms with Gasteiger partial charge in [0.2, 0.25) is 0 Å². The fourth-order valence-electron chi connectivity index (χ4n) is 3.93. The van der Waals surface area contributed by atoms with Crippen LogP contribution < -0.4 is 5.32 Å². The molecule has 2 fully saturated rings. The third-order valence-electron chi connectivity index (χ3n) is 5.21. The van der Waals surface area contributed by atoms with Crippen molar-refractivity contribution in [2.45, 2.75) is 44.2 Å². The lowest BCUT2D eigenvalue weighted by Gasteiger charge is -2.24. The first-order valence-electron chi connectivity index (χ1n) is 9.63. The van der Waals surface area contributed by atoms with Crippen LogP contribution in [0.5, 0.6) is 0 Å². The number of fused-ring (bicyclic) bond motifs is 2. The number of carbonyl (C=O) groups is 1. The van der Waals surface area contributed by atoms with Crippen LogP contribution in [-0.4, -0.2) is 61.2 Å². The van der Waals surface area contributed by atoms with Crippen molar-refractivity contribution in [1.29, 1.82) is 0 Å². The number of aliphatic hydroxyl groups is 1. The Morgan fingerprint density at radius 3 is 2.70 bits per heavy atom. The summed E-state index contributed by atoms with van der Waals surface area (Å²) in [6, 6.07) is 8.84. The summed E-state index contributed by atoms with van der Waals surface area (Å²) in [4.78, 5) is 25.4. The zero-order valence-corrected chi connectivity index (χ0v) is 16.4. The number of aliphatic hydroxyl groups excluding tert-OH is 1. The first-order valence-corrected chi connectivity index (χ1v) is 9.63. The van der Waals surface area contributed by atoms with Gasteiger partial charge in [0.1, 0.15) is 24.6 Å². The summed E-state index contributed by atoms with van der Waals surface area (Å²) in [5, 5.41) is 12.5. The molecule has 0 aliphatic carbocycles. The van der Waals surface area contributed by atoms with Gasteiger partial charge in [0, 0.05) is 5.56 Å². The molecule has 2 aliphatic rings. The molecule has 2 N–H and O–H groups in total. The van der Waals surface area contributed by atoms with E-state index >= 15 is 0 Å².